The molecule has 0 aliphatic carbocycles. The summed E-state index contributed by atoms with van der Waals surface area (Å²) < 4.78 is 28.8. The molecule has 0 aromatic heterocycles. The van der Waals surface area contributed by atoms with Crippen LogP contribution in [0.5, 0.6) is 0 Å². The molecule has 1 fully saturated rings. The Balaban J connectivity index is 0.000000292. The van der Waals surface area contributed by atoms with Crippen LogP contribution in [-0.2, 0) is 21.0 Å². The molecule has 0 radical (unpaired) electrons. The zero-order valence-corrected chi connectivity index (χ0v) is 12.3. The van der Waals surface area contributed by atoms with Crippen molar-refractivity contribution >= 4 is 48.7 Å². The SMILES string of the molecule is O1[SiH2]O[SiH2]O[SiH2]O[SiH2]1.O=PO. The van der Waals surface area contributed by atoms with Crippen LogP contribution in [0.3, 0.4) is 0 Å². The predicted molar refractivity (Wildman–Crippen MR) is 48.3 cm³/mol. The molecule has 1 aliphatic heterocycles. The fraction of sp³-hybridized carbons (Fsp3) is 0. The fourth-order valence-corrected chi connectivity index (χ4v) is 7.59. The van der Waals surface area contributed by atoms with Gasteiger partial charge >= 0.3 is 8.69 Å². The lowest BCUT2D eigenvalue weighted by Gasteiger charge is -2.10. The van der Waals surface area contributed by atoms with Crippen LogP contribution in [0.25, 0.3) is 0 Å². The number of rotatable bonds is 0. The maximum Gasteiger partial charge on any atom is 0.324 e. The second kappa shape index (κ2) is 10.8. The van der Waals surface area contributed by atoms with Crippen molar-refractivity contribution in [3.63, 3.8) is 0 Å². The van der Waals surface area contributed by atoms with E-state index >= 15 is 0 Å². The van der Waals surface area contributed by atoms with Crippen LogP contribution in [0.4, 0.5) is 0 Å². The van der Waals surface area contributed by atoms with E-state index in [1.165, 1.54) is 0 Å². The highest BCUT2D eigenvalue weighted by Gasteiger charge is 1.97. The van der Waals surface area contributed by atoms with Crippen molar-refractivity contribution < 1.29 is 25.9 Å². The maximum absolute atomic E-state index is 8.46. The van der Waals surface area contributed by atoms with E-state index in [0.29, 0.717) is 0 Å². The monoisotopic (exact) mass is 248 g/mol. The largest absolute Gasteiger partial charge is 0.425 e. The Bertz CT molecular complexity index is 64.7. The first kappa shape index (κ1) is 11.8. The predicted octanol–water partition coefficient (Wildman–Crippen LogP) is -3.75. The molecule has 1 N–H and O–H groups in total. The van der Waals surface area contributed by atoms with Gasteiger partial charge in [0.25, 0.3) is 40.0 Å². The Hall–Kier alpha value is 0.768. The summed E-state index contributed by atoms with van der Waals surface area (Å²) in [5.74, 6) is 0. The average molecular weight is 248 g/mol. The van der Waals surface area contributed by atoms with Gasteiger partial charge in [0.2, 0.25) is 0 Å². The second-order valence-corrected chi connectivity index (χ2v) is 9.01. The zero-order chi connectivity index (χ0) is 8.36. The van der Waals surface area contributed by atoms with Crippen LogP contribution in [0.2, 0.25) is 0 Å². The molecule has 0 saturated carbocycles. The lowest BCUT2D eigenvalue weighted by atomic mass is 15.7. The Morgan fingerprint density at radius 2 is 1.09 bits per heavy atom. The first-order chi connectivity index (χ1) is 5.41. The molecule has 1 rings (SSSR count). The molecular weight excluding hydrogens is 239 g/mol. The van der Waals surface area contributed by atoms with Gasteiger partial charge in [-0.3, -0.25) is 0 Å². The van der Waals surface area contributed by atoms with E-state index in [2.05, 4.69) is 0 Å². The molecule has 1 aliphatic rings. The van der Waals surface area contributed by atoms with Gasteiger partial charge in [-0.2, -0.15) is 0 Å². The summed E-state index contributed by atoms with van der Waals surface area (Å²) in [6, 6.07) is 0. The Morgan fingerprint density at radius 1 is 0.909 bits per heavy atom. The van der Waals surface area contributed by atoms with E-state index in [1.807, 2.05) is 0 Å². The standard InChI is InChI=1S/H8O4Si4.HO2P/c1-5-2-7-4-8-3-6-1;1-3-2/h5-8H2;(H,1,2). The topological polar surface area (TPSA) is 74.2 Å². The molecule has 11 heavy (non-hydrogen) atoms. The van der Waals surface area contributed by atoms with Crippen LogP contribution >= 0.6 is 8.69 Å². The third-order valence-electron chi connectivity index (χ3n) is 0.667. The highest BCUT2D eigenvalue weighted by Crippen LogP contribution is 1.79. The molecule has 0 unspecified atom stereocenters. The molecule has 11 heteroatoms. The van der Waals surface area contributed by atoms with E-state index in [1.54, 1.807) is 0 Å². The molecular formula is H9O6PSi4. The maximum atomic E-state index is 8.46. The van der Waals surface area contributed by atoms with Gasteiger partial charge in [-0.05, 0) is 0 Å². The molecule has 0 aromatic rings. The summed E-state index contributed by atoms with van der Waals surface area (Å²) in [7, 11) is -3.44. The minimum atomic E-state index is -0.833. The van der Waals surface area contributed by atoms with Crippen LogP contribution in [-0.4, -0.2) is 44.9 Å². The second-order valence-electron chi connectivity index (χ2n) is 1.37. The first-order valence-corrected chi connectivity index (χ1v) is 8.08. The summed E-state index contributed by atoms with van der Waals surface area (Å²) in [5, 5.41) is 0. The van der Waals surface area contributed by atoms with Crippen molar-refractivity contribution in [2.75, 3.05) is 0 Å². The summed E-state index contributed by atoms with van der Waals surface area (Å²) in [6.07, 6.45) is 0. The van der Waals surface area contributed by atoms with E-state index in [0.717, 1.165) is 0 Å². The first-order valence-electron chi connectivity index (χ1n) is 2.69. The highest BCUT2D eigenvalue weighted by molar-refractivity contribution is 7.16. The lowest BCUT2D eigenvalue weighted by Crippen LogP contribution is -2.23. The number of hydrogen-bond donors (Lipinski definition) is 1. The van der Waals surface area contributed by atoms with Gasteiger partial charge in [-0.1, -0.05) is 0 Å². The molecule has 0 amide bonds. The summed E-state index contributed by atoms with van der Waals surface area (Å²) >= 11 is 0. The highest BCUT2D eigenvalue weighted by atomic mass is 31.1. The van der Waals surface area contributed by atoms with Crippen molar-refractivity contribution in [2.24, 2.45) is 0 Å². The number of hydrogen-bond acceptors (Lipinski definition) is 5. The Kier molecular flexibility index (Phi) is 11.5. The third kappa shape index (κ3) is 10.8. The van der Waals surface area contributed by atoms with Gasteiger partial charge in [0.15, 0.2) is 0 Å². The van der Waals surface area contributed by atoms with Gasteiger partial charge in [0.1, 0.15) is 0 Å². The van der Waals surface area contributed by atoms with Crippen LogP contribution < -0.4 is 0 Å². The van der Waals surface area contributed by atoms with Crippen LogP contribution in [0, 0.1) is 0 Å². The minimum absolute atomic E-state index is 0.653. The van der Waals surface area contributed by atoms with Gasteiger partial charge in [0.05, 0.1) is 0 Å². The summed E-state index contributed by atoms with van der Waals surface area (Å²) in [5.41, 5.74) is 0. The normalized spacial score (nSPS) is 28.1. The molecule has 1 heterocycles. The smallest absolute Gasteiger partial charge is 0.324 e. The zero-order valence-electron chi connectivity index (χ0n) is 5.76. The average Bonchev–Trinajstić information content (AvgIpc) is 1.86. The van der Waals surface area contributed by atoms with Crippen LogP contribution in [0.1, 0.15) is 0 Å². The Morgan fingerprint density at radius 3 is 1.27 bits per heavy atom. The van der Waals surface area contributed by atoms with Crippen LogP contribution in [0.15, 0.2) is 0 Å². The van der Waals surface area contributed by atoms with Crippen molar-refractivity contribution in [1.82, 2.24) is 0 Å². The van der Waals surface area contributed by atoms with E-state index in [9.17, 15) is 0 Å². The fourth-order valence-electron chi connectivity index (χ4n) is 0.372. The van der Waals surface area contributed by atoms with Gasteiger partial charge in [0, 0.05) is 0 Å². The van der Waals surface area contributed by atoms with Crippen molar-refractivity contribution in [3.05, 3.63) is 0 Å². The van der Waals surface area contributed by atoms with Gasteiger partial charge < -0.3 is 21.4 Å². The molecule has 0 bridgehead atoms. The molecule has 0 aromatic carbocycles. The molecule has 0 atom stereocenters. The summed E-state index contributed by atoms with van der Waals surface area (Å²) in [4.78, 5) is 6.99. The van der Waals surface area contributed by atoms with Crippen molar-refractivity contribution in [1.29, 1.82) is 0 Å². The van der Waals surface area contributed by atoms with E-state index in [4.69, 9.17) is 25.9 Å². The third-order valence-corrected chi connectivity index (χ3v) is 6.00. The van der Waals surface area contributed by atoms with Gasteiger partial charge in [-0.25, -0.2) is 4.57 Å². The van der Waals surface area contributed by atoms with E-state index in [-0.39, 0.29) is 0 Å². The summed E-state index contributed by atoms with van der Waals surface area (Å²) in [6.45, 7) is 0. The minimum Gasteiger partial charge on any atom is -0.425 e. The van der Waals surface area contributed by atoms with Crippen molar-refractivity contribution in [3.8, 4) is 0 Å². The van der Waals surface area contributed by atoms with Gasteiger partial charge in [-0.15, -0.1) is 0 Å². The lowest BCUT2D eigenvalue weighted by molar-refractivity contribution is 0.347. The Labute approximate surface area is 75.1 Å². The molecule has 1 saturated heterocycles. The van der Waals surface area contributed by atoms with Crippen molar-refractivity contribution in [2.45, 2.75) is 0 Å². The quantitative estimate of drug-likeness (QED) is 0.351. The molecule has 6 nitrogen and oxygen atoms in total. The molecule has 66 valence electrons. The van der Waals surface area contributed by atoms with E-state index < -0.39 is 48.7 Å². The molecule has 0 spiro atoms.